The molecule has 2 heterocycles. The summed E-state index contributed by atoms with van der Waals surface area (Å²) in [5.41, 5.74) is 0.356. The summed E-state index contributed by atoms with van der Waals surface area (Å²) in [5, 5.41) is 21.6. The molecule has 5 rings (SSSR count). The normalized spacial score (nSPS) is 36.1. The van der Waals surface area contributed by atoms with E-state index in [0.29, 0.717) is 5.69 Å². The standard InChI is InChI=1S/C18H19N5O4/c1-8(2)21-17(24)13-9-7-10(14(13)18(21)25)16-15(9)19-20-22(16)11-5-3-4-6-12(11)23(26)27/h3-6,8-10,13-16H,7H2,1-2H3/t9-,10+,13-,14+,15+,16-/m1/s1. The van der Waals surface area contributed by atoms with Crippen molar-refractivity contribution in [3.05, 3.63) is 34.4 Å². The van der Waals surface area contributed by atoms with Gasteiger partial charge in [-0.25, -0.2) is 5.01 Å². The van der Waals surface area contributed by atoms with Crippen LogP contribution in [-0.2, 0) is 9.59 Å². The third-order valence-electron chi connectivity index (χ3n) is 6.53. The van der Waals surface area contributed by atoms with Gasteiger partial charge in [-0.2, -0.15) is 5.11 Å². The number of nitro benzene ring substituents is 1. The van der Waals surface area contributed by atoms with Crippen molar-refractivity contribution in [2.75, 3.05) is 5.01 Å². The monoisotopic (exact) mass is 369 g/mol. The highest BCUT2D eigenvalue weighted by atomic mass is 16.6. The van der Waals surface area contributed by atoms with E-state index in [9.17, 15) is 19.7 Å². The average molecular weight is 369 g/mol. The fourth-order valence-corrected chi connectivity index (χ4v) is 5.64. The number of hydrogen-bond acceptors (Lipinski definition) is 7. The summed E-state index contributed by atoms with van der Waals surface area (Å²) in [7, 11) is 0. The third-order valence-corrected chi connectivity index (χ3v) is 6.53. The summed E-state index contributed by atoms with van der Waals surface area (Å²) < 4.78 is 0. The predicted molar refractivity (Wildman–Crippen MR) is 93.6 cm³/mol. The molecule has 4 aliphatic rings. The van der Waals surface area contributed by atoms with Crippen molar-refractivity contribution in [1.82, 2.24) is 4.90 Å². The lowest BCUT2D eigenvalue weighted by molar-refractivity contribution is -0.384. The number of amides is 2. The van der Waals surface area contributed by atoms with Gasteiger partial charge in [0, 0.05) is 12.1 Å². The van der Waals surface area contributed by atoms with Crippen LogP contribution in [0.15, 0.2) is 34.6 Å². The number of hydrogen-bond donors (Lipinski definition) is 0. The number of nitro groups is 1. The smallest absolute Gasteiger partial charge is 0.280 e. The molecule has 0 unspecified atom stereocenters. The number of nitrogens with zero attached hydrogens (tertiary/aromatic N) is 5. The van der Waals surface area contributed by atoms with Crippen molar-refractivity contribution in [3.63, 3.8) is 0 Å². The van der Waals surface area contributed by atoms with E-state index in [-0.39, 0.29) is 59.3 Å². The van der Waals surface area contributed by atoms with Crippen molar-refractivity contribution in [2.45, 2.75) is 38.4 Å². The van der Waals surface area contributed by atoms with Gasteiger partial charge in [0.1, 0.15) is 5.69 Å². The van der Waals surface area contributed by atoms with Crippen LogP contribution < -0.4 is 5.01 Å². The fourth-order valence-electron chi connectivity index (χ4n) is 5.64. The minimum atomic E-state index is -0.432. The second-order valence-electron chi connectivity index (χ2n) is 8.03. The molecular weight excluding hydrogens is 350 g/mol. The van der Waals surface area contributed by atoms with E-state index in [1.54, 1.807) is 23.2 Å². The number of para-hydroxylation sites is 2. The first-order valence-corrected chi connectivity index (χ1v) is 9.22. The van der Waals surface area contributed by atoms with Crippen LogP contribution >= 0.6 is 0 Å². The van der Waals surface area contributed by atoms with Gasteiger partial charge in [0.15, 0.2) is 0 Å². The molecule has 1 aromatic carbocycles. The summed E-state index contributed by atoms with van der Waals surface area (Å²) in [6.07, 6.45) is 0.740. The highest BCUT2D eigenvalue weighted by Gasteiger charge is 2.70. The molecule has 2 aliphatic heterocycles. The Morgan fingerprint density at radius 2 is 1.81 bits per heavy atom. The van der Waals surface area contributed by atoms with E-state index in [1.807, 2.05) is 13.8 Å². The SMILES string of the molecule is CC(C)N1C(=O)[C@@H]2[C@H]3C[C@@H]([C@@H]2C1=O)[C@@H]1[C@H]3N=NN1c1ccccc1[N+](=O)[O-]. The van der Waals surface area contributed by atoms with Crippen molar-refractivity contribution in [3.8, 4) is 0 Å². The van der Waals surface area contributed by atoms with E-state index in [0.717, 1.165) is 6.42 Å². The first-order valence-electron chi connectivity index (χ1n) is 9.22. The van der Waals surface area contributed by atoms with E-state index in [4.69, 9.17) is 0 Å². The number of benzene rings is 1. The Kier molecular flexibility index (Phi) is 3.23. The average Bonchev–Trinajstić information content (AvgIpc) is 3.34. The van der Waals surface area contributed by atoms with E-state index >= 15 is 0 Å². The van der Waals surface area contributed by atoms with Crippen LogP contribution in [0.3, 0.4) is 0 Å². The Labute approximate surface area is 155 Å². The largest absolute Gasteiger partial charge is 0.294 e. The lowest BCUT2D eigenvalue weighted by atomic mass is 9.76. The molecule has 2 bridgehead atoms. The van der Waals surface area contributed by atoms with Gasteiger partial charge >= 0.3 is 0 Å². The van der Waals surface area contributed by atoms with Gasteiger partial charge in [-0.05, 0) is 38.2 Å². The number of rotatable bonds is 3. The zero-order valence-corrected chi connectivity index (χ0v) is 14.9. The molecule has 2 saturated carbocycles. The van der Waals surface area contributed by atoms with Crippen LogP contribution in [-0.4, -0.2) is 39.8 Å². The highest BCUT2D eigenvalue weighted by molar-refractivity contribution is 6.06. The predicted octanol–water partition coefficient (Wildman–Crippen LogP) is 2.18. The molecule has 9 nitrogen and oxygen atoms in total. The number of likely N-dealkylation sites (tertiary alicyclic amines) is 1. The van der Waals surface area contributed by atoms with E-state index < -0.39 is 4.92 Å². The van der Waals surface area contributed by atoms with Gasteiger partial charge in [-0.15, -0.1) is 0 Å². The van der Waals surface area contributed by atoms with Crippen LogP contribution in [0.5, 0.6) is 0 Å². The third kappa shape index (κ3) is 1.94. The van der Waals surface area contributed by atoms with Crippen LogP contribution in [0.25, 0.3) is 0 Å². The maximum atomic E-state index is 13.0. The molecule has 2 amide bonds. The number of carbonyl (C=O) groups is 2. The maximum absolute atomic E-state index is 13.0. The van der Waals surface area contributed by atoms with E-state index in [1.165, 1.54) is 11.0 Å². The van der Waals surface area contributed by atoms with Crippen molar-refractivity contribution in [2.24, 2.45) is 34.0 Å². The quantitative estimate of drug-likeness (QED) is 0.461. The Balaban J connectivity index is 1.53. The molecule has 1 saturated heterocycles. The van der Waals surface area contributed by atoms with Crippen molar-refractivity contribution >= 4 is 23.2 Å². The minimum absolute atomic E-state index is 0.0262. The van der Waals surface area contributed by atoms with Crippen LogP contribution in [0, 0.1) is 33.8 Å². The number of imide groups is 1. The lowest BCUT2D eigenvalue weighted by Gasteiger charge is -2.33. The van der Waals surface area contributed by atoms with Crippen LogP contribution in [0.1, 0.15) is 20.3 Å². The van der Waals surface area contributed by atoms with Gasteiger partial charge in [0.25, 0.3) is 5.69 Å². The van der Waals surface area contributed by atoms with Gasteiger partial charge in [0.2, 0.25) is 11.8 Å². The molecule has 3 fully saturated rings. The molecule has 1 aromatic rings. The summed E-state index contributed by atoms with van der Waals surface area (Å²) in [4.78, 5) is 38.2. The molecule has 0 N–H and O–H groups in total. The van der Waals surface area contributed by atoms with Crippen molar-refractivity contribution in [1.29, 1.82) is 0 Å². The fraction of sp³-hybridized carbons (Fsp3) is 0.556. The summed E-state index contributed by atoms with van der Waals surface area (Å²) in [5.74, 6) is -0.983. The molecular formula is C18H19N5O4. The molecule has 2 aliphatic carbocycles. The minimum Gasteiger partial charge on any atom is -0.280 e. The molecule has 9 heteroatoms. The van der Waals surface area contributed by atoms with E-state index in [2.05, 4.69) is 10.3 Å². The van der Waals surface area contributed by atoms with Gasteiger partial charge in [-0.1, -0.05) is 17.4 Å². The lowest BCUT2D eigenvalue weighted by Crippen LogP contribution is -2.47. The second kappa shape index (κ2) is 5.34. The van der Waals surface area contributed by atoms with Gasteiger partial charge in [-0.3, -0.25) is 24.6 Å². The molecule has 0 aromatic heterocycles. The molecule has 0 radical (unpaired) electrons. The first kappa shape index (κ1) is 16.3. The maximum Gasteiger partial charge on any atom is 0.294 e. The number of fused-ring (bicyclic) bond motifs is 8. The summed E-state index contributed by atoms with van der Waals surface area (Å²) in [6.45, 7) is 3.69. The molecule has 0 spiro atoms. The number of anilines is 1. The highest BCUT2D eigenvalue weighted by Crippen LogP contribution is 2.60. The zero-order valence-electron chi connectivity index (χ0n) is 14.9. The Morgan fingerprint density at radius 3 is 2.48 bits per heavy atom. The molecule has 140 valence electrons. The Morgan fingerprint density at radius 1 is 1.15 bits per heavy atom. The van der Waals surface area contributed by atoms with Crippen molar-refractivity contribution < 1.29 is 14.5 Å². The van der Waals surface area contributed by atoms with Crippen LogP contribution in [0.4, 0.5) is 11.4 Å². The Bertz CT molecular complexity index is 899. The molecule has 27 heavy (non-hydrogen) atoms. The number of carbonyl (C=O) groups excluding carboxylic acids is 2. The molecule has 6 atom stereocenters. The van der Waals surface area contributed by atoms with Crippen LogP contribution in [0.2, 0.25) is 0 Å². The topological polar surface area (TPSA) is 108 Å². The van der Waals surface area contributed by atoms with Gasteiger partial charge in [0.05, 0.1) is 28.8 Å². The summed E-state index contributed by atoms with van der Waals surface area (Å²) >= 11 is 0. The zero-order chi connectivity index (χ0) is 19.0. The Hall–Kier alpha value is -2.84. The first-order chi connectivity index (χ1) is 12.9. The second-order valence-corrected chi connectivity index (χ2v) is 8.03. The summed E-state index contributed by atoms with van der Waals surface area (Å²) in [6, 6.07) is 5.88. The van der Waals surface area contributed by atoms with Gasteiger partial charge < -0.3 is 0 Å².